The lowest BCUT2D eigenvalue weighted by atomic mass is 9.89. The molecule has 1 fully saturated rings. The van der Waals surface area contributed by atoms with Gasteiger partial charge in [0.1, 0.15) is 5.75 Å². The van der Waals surface area contributed by atoms with Crippen molar-refractivity contribution < 1.29 is 19.4 Å². The van der Waals surface area contributed by atoms with Crippen LogP contribution < -0.4 is 4.74 Å². The predicted molar refractivity (Wildman–Crippen MR) is 85.5 cm³/mol. The summed E-state index contributed by atoms with van der Waals surface area (Å²) in [6, 6.07) is 7.76. The summed E-state index contributed by atoms with van der Waals surface area (Å²) in [7, 11) is 0. The highest BCUT2D eigenvalue weighted by Crippen LogP contribution is 2.35. The number of likely N-dealkylation sites (tertiary alicyclic amines) is 1. The summed E-state index contributed by atoms with van der Waals surface area (Å²) in [5.41, 5.74) is 0.983. The van der Waals surface area contributed by atoms with Crippen LogP contribution in [0.15, 0.2) is 24.3 Å². The third kappa shape index (κ3) is 3.66. The number of carboxylic acid groups (broad SMARTS) is 1. The molecule has 2 aliphatic heterocycles. The summed E-state index contributed by atoms with van der Waals surface area (Å²) in [5.74, 6) is 0.404. The van der Waals surface area contributed by atoms with Crippen LogP contribution in [0.5, 0.6) is 5.75 Å². The number of carbonyl (C=O) groups is 2. The molecule has 1 amide bonds. The minimum absolute atomic E-state index is 0.127. The molecule has 3 rings (SSSR count). The Bertz CT molecular complexity index is 586. The van der Waals surface area contributed by atoms with Crippen molar-refractivity contribution in [2.75, 3.05) is 19.7 Å². The predicted octanol–water partition coefficient (Wildman–Crippen LogP) is 2.66. The first-order chi connectivity index (χ1) is 11.1. The van der Waals surface area contributed by atoms with E-state index in [2.05, 4.69) is 0 Å². The monoisotopic (exact) mass is 317 g/mol. The number of benzene rings is 1. The van der Waals surface area contributed by atoms with Crippen molar-refractivity contribution >= 4 is 11.9 Å². The van der Waals surface area contributed by atoms with E-state index in [0.717, 1.165) is 30.7 Å². The highest BCUT2D eigenvalue weighted by atomic mass is 16.5. The average molecular weight is 317 g/mol. The van der Waals surface area contributed by atoms with E-state index in [1.54, 1.807) is 0 Å². The number of amides is 1. The molecule has 0 spiro atoms. The van der Waals surface area contributed by atoms with Crippen LogP contribution in [0.25, 0.3) is 0 Å². The zero-order chi connectivity index (χ0) is 16.2. The summed E-state index contributed by atoms with van der Waals surface area (Å²) >= 11 is 0. The molecule has 2 heterocycles. The lowest BCUT2D eigenvalue weighted by Gasteiger charge is -2.36. The molecule has 0 saturated carbocycles. The van der Waals surface area contributed by atoms with Gasteiger partial charge in [0.2, 0.25) is 5.91 Å². The number of hydrogen-bond acceptors (Lipinski definition) is 3. The van der Waals surface area contributed by atoms with Crippen LogP contribution in [0.2, 0.25) is 0 Å². The van der Waals surface area contributed by atoms with Gasteiger partial charge in [0.25, 0.3) is 0 Å². The topological polar surface area (TPSA) is 66.8 Å². The smallest absolute Gasteiger partial charge is 0.303 e. The summed E-state index contributed by atoms with van der Waals surface area (Å²) in [6.45, 7) is 2.04. The molecular weight excluding hydrogens is 294 g/mol. The summed E-state index contributed by atoms with van der Waals surface area (Å²) in [6.07, 6.45) is 3.53. The summed E-state index contributed by atoms with van der Waals surface area (Å²) < 4.78 is 5.64. The van der Waals surface area contributed by atoms with Crippen LogP contribution in [0, 0.1) is 5.92 Å². The van der Waals surface area contributed by atoms with Crippen LogP contribution in [-0.2, 0) is 9.59 Å². The molecule has 5 nitrogen and oxygen atoms in total. The van der Waals surface area contributed by atoms with E-state index in [-0.39, 0.29) is 18.2 Å². The zero-order valence-corrected chi connectivity index (χ0v) is 13.2. The van der Waals surface area contributed by atoms with Crippen molar-refractivity contribution in [3.63, 3.8) is 0 Å². The van der Waals surface area contributed by atoms with Crippen molar-refractivity contribution in [2.45, 2.75) is 38.0 Å². The Morgan fingerprint density at radius 2 is 2.09 bits per heavy atom. The fraction of sp³-hybridized carbons (Fsp3) is 0.556. The molecule has 0 aromatic heterocycles. The van der Waals surface area contributed by atoms with E-state index in [1.807, 2.05) is 29.2 Å². The van der Waals surface area contributed by atoms with Crippen LogP contribution in [0.4, 0.5) is 0 Å². The van der Waals surface area contributed by atoms with E-state index in [1.165, 1.54) is 0 Å². The minimum Gasteiger partial charge on any atom is -0.493 e. The molecule has 1 aromatic carbocycles. The molecule has 23 heavy (non-hydrogen) atoms. The van der Waals surface area contributed by atoms with Crippen LogP contribution >= 0.6 is 0 Å². The lowest BCUT2D eigenvalue weighted by molar-refractivity contribution is -0.137. The summed E-state index contributed by atoms with van der Waals surface area (Å²) in [4.78, 5) is 25.6. The Hall–Kier alpha value is -2.04. The average Bonchev–Trinajstić information content (AvgIpc) is 2.59. The Morgan fingerprint density at radius 3 is 2.91 bits per heavy atom. The minimum atomic E-state index is -0.758. The van der Waals surface area contributed by atoms with Crippen molar-refractivity contribution in [3.05, 3.63) is 29.8 Å². The Kier molecular flexibility index (Phi) is 4.84. The molecule has 2 aliphatic rings. The van der Waals surface area contributed by atoms with Crippen molar-refractivity contribution in [1.82, 2.24) is 4.90 Å². The van der Waals surface area contributed by atoms with Gasteiger partial charge in [-0.05, 0) is 37.7 Å². The third-order valence-electron chi connectivity index (χ3n) is 4.85. The number of para-hydroxylation sites is 1. The number of aliphatic carboxylic acids is 1. The maximum Gasteiger partial charge on any atom is 0.303 e. The van der Waals surface area contributed by atoms with Gasteiger partial charge < -0.3 is 14.7 Å². The van der Waals surface area contributed by atoms with Crippen molar-refractivity contribution in [2.24, 2.45) is 5.92 Å². The molecule has 0 radical (unpaired) electrons. The number of fused-ring (bicyclic) bond motifs is 1. The first-order valence-corrected chi connectivity index (χ1v) is 8.37. The number of nitrogens with zero attached hydrogens (tertiary/aromatic N) is 1. The Balaban J connectivity index is 1.67. The third-order valence-corrected chi connectivity index (χ3v) is 4.85. The second-order valence-electron chi connectivity index (χ2n) is 6.45. The second kappa shape index (κ2) is 7.02. The molecular formula is C18H23NO4. The van der Waals surface area contributed by atoms with Crippen molar-refractivity contribution in [3.8, 4) is 5.75 Å². The number of rotatable bonds is 4. The quantitative estimate of drug-likeness (QED) is 0.927. The van der Waals surface area contributed by atoms with Gasteiger partial charge in [-0.15, -0.1) is 0 Å². The Morgan fingerprint density at radius 1 is 1.26 bits per heavy atom. The van der Waals surface area contributed by atoms with E-state index in [4.69, 9.17) is 9.84 Å². The van der Waals surface area contributed by atoms with Crippen LogP contribution in [0.3, 0.4) is 0 Å². The van der Waals surface area contributed by atoms with Gasteiger partial charge in [-0.1, -0.05) is 18.2 Å². The number of hydrogen-bond donors (Lipinski definition) is 1. The Labute approximate surface area is 136 Å². The normalized spacial score (nSPS) is 23.7. The lowest BCUT2D eigenvalue weighted by Crippen LogP contribution is -2.43. The molecule has 0 aliphatic carbocycles. The molecule has 1 aromatic rings. The van der Waals surface area contributed by atoms with E-state index >= 15 is 0 Å². The first kappa shape index (κ1) is 15.8. The standard InChI is InChI=1S/C18H23NO4/c20-17(21)8-7-13-4-3-10-19(12-13)18(22)15-9-11-23-16-6-2-1-5-14(15)16/h1-2,5-6,13,15H,3-4,7-12H2,(H,20,21)/t13-,15+/m0/s1. The molecule has 5 heteroatoms. The molecule has 1 saturated heterocycles. The second-order valence-corrected chi connectivity index (χ2v) is 6.45. The fourth-order valence-corrected chi connectivity index (χ4v) is 3.65. The van der Waals surface area contributed by atoms with Gasteiger partial charge >= 0.3 is 5.97 Å². The highest BCUT2D eigenvalue weighted by molar-refractivity contribution is 5.85. The van der Waals surface area contributed by atoms with E-state index in [9.17, 15) is 9.59 Å². The SMILES string of the molecule is O=C(O)CC[C@@H]1CCCN(C(=O)[C@@H]2CCOc3ccccc32)C1. The van der Waals surface area contributed by atoms with Gasteiger partial charge in [-0.25, -0.2) is 0 Å². The molecule has 0 unspecified atom stereocenters. The number of carbonyl (C=O) groups excluding carboxylic acids is 1. The first-order valence-electron chi connectivity index (χ1n) is 8.37. The molecule has 0 bridgehead atoms. The molecule has 2 atom stereocenters. The highest BCUT2D eigenvalue weighted by Gasteiger charge is 2.33. The number of ether oxygens (including phenoxy) is 1. The maximum absolute atomic E-state index is 13.0. The van der Waals surface area contributed by atoms with Crippen LogP contribution in [0.1, 0.15) is 43.6 Å². The van der Waals surface area contributed by atoms with Gasteiger partial charge in [-0.2, -0.15) is 0 Å². The van der Waals surface area contributed by atoms with Gasteiger partial charge in [0.05, 0.1) is 12.5 Å². The number of carboxylic acids is 1. The van der Waals surface area contributed by atoms with Crippen molar-refractivity contribution in [1.29, 1.82) is 0 Å². The van der Waals surface area contributed by atoms with Gasteiger partial charge in [-0.3, -0.25) is 9.59 Å². The summed E-state index contributed by atoms with van der Waals surface area (Å²) in [5, 5.41) is 8.84. The van der Waals surface area contributed by atoms with Crippen LogP contribution in [-0.4, -0.2) is 41.6 Å². The van der Waals surface area contributed by atoms with Gasteiger partial charge in [0, 0.05) is 25.1 Å². The maximum atomic E-state index is 13.0. The fourth-order valence-electron chi connectivity index (χ4n) is 3.65. The van der Waals surface area contributed by atoms with E-state index in [0.29, 0.717) is 31.9 Å². The zero-order valence-electron chi connectivity index (χ0n) is 13.2. The number of piperidine rings is 1. The van der Waals surface area contributed by atoms with E-state index < -0.39 is 5.97 Å². The molecule has 124 valence electrons. The van der Waals surface area contributed by atoms with Gasteiger partial charge in [0.15, 0.2) is 0 Å². The molecule has 1 N–H and O–H groups in total. The largest absolute Gasteiger partial charge is 0.493 e.